The number of amides is 1. The zero-order valence-electron chi connectivity index (χ0n) is 18.2. The summed E-state index contributed by atoms with van der Waals surface area (Å²) in [6, 6.07) is 24.3. The number of nitrogens with zero attached hydrogens (tertiary/aromatic N) is 1. The van der Waals surface area contributed by atoms with Crippen molar-refractivity contribution in [2.75, 3.05) is 14.1 Å². The van der Waals surface area contributed by atoms with Gasteiger partial charge in [-0.15, -0.1) is 0 Å². The number of carbonyl (C=O) groups is 2. The van der Waals surface area contributed by atoms with Gasteiger partial charge in [0.25, 0.3) is 5.91 Å². The first-order valence-electron chi connectivity index (χ1n) is 10.4. The largest absolute Gasteiger partial charge is 0.489 e. The first kappa shape index (κ1) is 22.9. The van der Waals surface area contributed by atoms with Gasteiger partial charge in [-0.05, 0) is 29.7 Å². The molecule has 0 saturated carbocycles. The van der Waals surface area contributed by atoms with Crippen molar-refractivity contribution in [3.8, 4) is 11.5 Å². The topological polar surface area (TPSA) is 76.1 Å². The van der Waals surface area contributed by atoms with Crippen molar-refractivity contribution in [1.29, 1.82) is 0 Å². The van der Waals surface area contributed by atoms with Crippen LogP contribution in [0.25, 0.3) is 0 Å². The summed E-state index contributed by atoms with van der Waals surface area (Å²) in [4.78, 5) is 25.4. The molecule has 0 heterocycles. The zero-order valence-corrected chi connectivity index (χ0v) is 18.2. The van der Waals surface area contributed by atoms with Crippen LogP contribution in [0.1, 0.15) is 40.4 Å². The highest BCUT2D eigenvalue weighted by molar-refractivity contribution is 5.96. The van der Waals surface area contributed by atoms with Crippen LogP contribution >= 0.6 is 0 Å². The fraction of sp³-hybridized carbons (Fsp3) is 0.231. The van der Waals surface area contributed by atoms with Crippen LogP contribution in [0.2, 0.25) is 0 Å². The highest BCUT2D eigenvalue weighted by Gasteiger charge is 2.21. The van der Waals surface area contributed by atoms with Crippen molar-refractivity contribution in [2.24, 2.45) is 0 Å². The summed E-state index contributed by atoms with van der Waals surface area (Å²) in [6.45, 7) is 0.377. The molecule has 0 spiro atoms. The minimum absolute atomic E-state index is 0.0548. The molecule has 0 saturated heterocycles. The second-order valence-electron chi connectivity index (χ2n) is 7.58. The van der Waals surface area contributed by atoms with E-state index in [0.717, 1.165) is 11.1 Å². The Kier molecular flexibility index (Phi) is 7.86. The number of hydrogen-bond acceptors (Lipinski definition) is 4. The van der Waals surface area contributed by atoms with Crippen molar-refractivity contribution in [3.63, 3.8) is 0 Å². The van der Waals surface area contributed by atoms with Gasteiger partial charge in [0.15, 0.2) is 0 Å². The second kappa shape index (κ2) is 11.0. The molecule has 0 aliphatic heterocycles. The van der Waals surface area contributed by atoms with E-state index in [1.807, 2.05) is 60.7 Å². The van der Waals surface area contributed by atoms with Gasteiger partial charge in [-0.1, -0.05) is 60.7 Å². The van der Waals surface area contributed by atoms with Gasteiger partial charge >= 0.3 is 5.97 Å². The first-order valence-corrected chi connectivity index (χ1v) is 10.4. The minimum atomic E-state index is -0.904. The Morgan fingerprint density at radius 1 is 0.938 bits per heavy atom. The van der Waals surface area contributed by atoms with Gasteiger partial charge in [0.2, 0.25) is 0 Å². The Hall–Kier alpha value is -3.80. The monoisotopic (exact) mass is 433 g/mol. The van der Waals surface area contributed by atoms with Crippen molar-refractivity contribution >= 4 is 11.9 Å². The Morgan fingerprint density at radius 2 is 1.59 bits per heavy atom. The fourth-order valence-corrected chi connectivity index (χ4v) is 3.22. The molecular weight excluding hydrogens is 406 g/mol. The molecule has 0 fully saturated rings. The molecule has 0 aliphatic carbocycles. The lowest BCUT2D eigenvalue weighted by Gasteiger charge is -2.22. The molecule has 6 nitrogen and oxygen atoms in total. The predicted molar refractivity (Wildman–Crippen MR) is 122 cm³/mol. The van der Waals surface area contributed by atoms with E-state index < -0.39 is 12.1 Å². The summed E-state index contributed by atoms with van der Waals surface area (Å²) in [5, 5.41) is 9.18. The summed E-state index contributed by atoms with van der Waals surface area (Å²) in [5.74, 6) is -0.198. The standard InChI is InChI=1S/C26H27NO5/c1-27(2)26(30)22-14-13-21(31-18-19-9-5-3-6-10-19)17-24(22)32-23(15-16-25(28)29)20-11-7-4-8-12-20/h3-14,17,23H,15-16,18H2,1-2H3,(H,28,29). The molecule has 3 aromatic rings. The number of hydrogen-bond donors (Lipinski definition) is 1. The highest BCUT2D eigenvalue weighted by Crippen LogP contribution is 2.32. The predicted octanol–water partition coefficient (Wildman–Crippen LogP) is 4.95. The molecule has 166 valence electrons. The van der Waals surface area contributed by atoms with Crippen LogP contribution in [0.3, 0.4) is 0 Å². The SMILES string of the molecule is CN(C)C(=O)c1ccc(OCc2ccccc2)cc1OC(CCC(=O)O)c1ccccc1. The number of benzene rings is 3. The average molecular weight is 434 g/mol. The number of rotatable bonds is 10. The maximum absolute atomic E-state index is 12.8. The van der Waals surface area contributed by atoms with E-state index in [9.17, 15) is 14.7 Å². The van der Waals surface area contributed by atoms with Gasteiger partial charge in [-0.3, -0.25) is 9.59 Å². The molecule has 0 aromatic heterocycles. The number of carboxylic acids is 1. The molecule has 0 aliphatic rings. The maximum Gasteiger partial charge on any atom is 0.303 e. The molecular formula is C26H27NO5. The van der Waals surface area contributed by atoms with E-state index in [-0.39, 0.29) is 18.7 Å². The van der Waals surface area contributed by atoms with E-state index in [2.05, 4.69) is 0 Å². The summed E-state index contributed by atoms with van der Waals surface area (Å²) < 4.78 is 12.2. The van der Waals surface area contributed by atoms with Gasteiger partial charge in [0, 0.05) is 26.6 Å². The number of carboxylic acid groups (broad SMARTS) is 1. The van der Waals surface area contributed by atoms with Gasteiger partial charge in [-0.25, -0.2) is 0 Å². The van der Waals surface area contributed by atoms with Crippen LogP contribution in [0.4, 0.5) is 0 Å². The Bertz CT molecular complexity index is 1030. The van der Waals surface area contributed by atoms with Crippen LogP contribution in [-0.2, 0) is 11.4 Å². The number of carbonyl (C=O) groups excluding carboxylic acids is 1. The van der Waals surface area contributed by atoms with Crippen LogP contribution in [0.5, 0.6) is 11.5 Å². The number of aliphatic carboxylic acids is 1. The van der Waals surface area contributed by atoms with E-state index in [0.29, 0.717) is 23.7 Å². The van der Waals surface area contributed by atoms with Gasteiger partial charge in [0.05, 0.1) is 5.56 Å². The Balaban J connectivity index is 1.90. The second-order valence-corrected chi connectivity index (χ2v) is 7.58. The van der Waals surface area contributed by atoms with Crippen LogP contribution in [0, 0.1) is 0 Å². The molecule has 6 heteroatoms. The third-order valence-electron chi connectivity index (χ3n) is 4.90. The maximum atomic E-state index is 12.8. The molecule has 1 atom stereocenters. The summed E-state index contributed by atoms with van der Waals surface area (Å²) in [7, 11) is 3.34. The first-order chi connectivity index (χ1) is 15.4. The van der Waals surface area contributed by atoms with Gasteiger partial charge < -0.3 is 19.5 Å². The van der Waals surface area contributed by atoms with Crippen LogP contribution in [0.15, 0.2) is 78.9 Å². The minimum Gasteiger partial charge on any atom is -0.489 e. The van der Waals surface area contributed by atoms with Crippen molar-refractivity contribution in [2.45, 2.75) is 25.6 Å². The summed E-state index contributed by atoms with van der Waals surface area (Å²) >= 11 is 0. The quantitative estimate of drug-likeness (QED) is 0.489. The lowest BCUT2D eigenvalue weighted by atomic mass is 10.0. The molecule has 1 N–H and O–H groups in total. The van der Waals surface area contributed by atoms with E-state index in [1.165, 1.54) is 4.90 Å². The molecule has 1 unspecified atom stereocenters. The van der Waals surface area contributed by atoms with E-state index >= 15 is 0 Å². The Labute approximate surface area is 188 Å². The number of ether oxygens (including phenoxy) is 2. The lowest BCUT2D eigenvalue weighted by Crippen LogP contribution is -2.23. The van der Waals surface area contributed by atoms with Crippen molar-refractivity contribution in [3.05, 3.63) is 95.6 Å². The molecule has 32 heavy (non-hydrogen) atoms. The van der Waals surface area contributed by atoms with Crippen LogP contribution in [-0.4, -0.2) is 36.0 Å². The highest BCUT2D eigenvalue weighted by atomic mass is 16.5. The van der Waals surface area contributed by atoms with Crippen molar-refractivity contribution < 1.29 is 24.2 Å². The van der Waals surface area contributed by atoms with Gasteiger partial charge in [-0.2, -0.15) is 0 Å². The lowest BCUT2D eigenvalue weighted by molar-refractivity contribution is -0.137. The van der Waals surface area contributed by atoms with Crippen LogP contribution < -0.4 is 9.47 Å². The molecule has 3 aromatic carbocycles. The Morgan fingerprint density at radius 3 is 2.22 bits per heavy atom. The normalized spacial score (nSPS) is 11.4. The summed E-state index contributed by atoms with van der Waals surface area (Å²) in [5.41, 5.74) is 2.25. The third kappa shape index (κ3) is 6.35. The van der Waals surface area contributed by atoms with Crippen molar-refractivity contribution in [1.82, 2.24) is 4.90 Å². The smallest absolute Gasteiger partial charge is 0.303 e. The van der Waals surface area contributed by atoms with E-state index in [1.54, 1.807) is 32.3 Å². The van der Waals surface area contributed by atoms with Gasteiger partial charge in [0.1, 0.15) is 24.2 Å². The fourth-order valence-electron chi connectivity index (χ4n) is 3.22. The third-order valence-corrected chi connectivity index (χ3v) is 4.90. The molecule has 3 rings (SSSR count). The molecule has 1 amide bonds. The molecule has 0 radical (unpaired) electrons. The average Bonchev–Trinajstić information content (AvgIpc) is 2.81. The summed E-state index contributed by atoms with van der Waals surface area (Å²) in [6.07, 6.45) is -0.310. The van der Waals surface area contributed by atoms with E-state index in [4.69, 9.17) is 9.47 Å². The molecule has 0 bridgehead atoms. The zero-order chi connectivity index (χ0) is 22.9.